The maximum atomic E-state index is 11.4. The smallest absolute Gasteiger partial charge is 0.148 e. The third kappa shape index (κ3) is 3.63. The molecule has 0 spiro atoms. The van der Waals surface area contributed by atoms with Gasteiger partial charge in [-0.3, -0.25) is 4.21 Å². The van der Waals surface area contributed by atoms with Crippen LogP contribution in [-0.4, -0.2) is 31.7 Å². The Hall–Kier alpha value is -1.21. The Balaban J connectivity index is 2.12. The van der Waals surface area contributed by atoms with Crippen molar-refractivity contribution in [3.8, 4) is 0 Å². The Bertz CT molecular complexity index is 444. The molecule has 0 bridgehead atoms. The number of nitrogens with zero attached hydrogens (tertiary/aromatic N) is 2. The van der Waals surface area contributed by atoms with Gasteiger partial charge in [0.2, 0.25) is 0 Å². The molecule has 2 rings (SSSR count). The van der Waals surface area contributed by atoms with Crippen LogP contribution in [0.25, 0.3) is 0 Å². The van der Waals surface area contributed by atoms with Crippen molar-refractivity contribution in [2.24, 2.45) is 5.84 Å². The summed E-state index contributed by atoms with van der Waals surface area (Å²) in [5, 5.41) is 3.45. The van der Waals surface area contributed by atoms with E-state index in [0.717, 1.165) is 48.6 Å². The minimum Gasteiger partial charge on any atom is -0.367 e. The van der Waals surface area contributed by atoms with Crippen LogP contribution in [0.5, 0.6) is 0 Å². The van der Waals surface area contributed by atoms with Crippen LogP contribution >= 0.6 is 0 Å². The molecule has 6 nitrogen and oxygen atoms in total. The van der Waals surface area contributed by atoms with Gasteiger partial charge in [-0.25, -0.2) is 15.8 Å². The average molecular weight is 283 g/mol. The molecule has 0 radical (unpaired) electrons. The molecule has 0 amide bonds. The van der Waals surface area contributed by atoms with E-state index in [1.807, 2.05) is 0 Å². The van der Waals surface area contributed by atoms with Crippen molar-refractivity contribution in [2.75, 3.05) is 22.2 Å². The van der Waals surface area contributed by atoms with Gasteiger partial charge in [0.25, 0.3) is 0 Å². The quantitative estimate of drug-likeness (QED) is 0.552. The summed E-state index contributed by atoms with van der Waals surface area (Å²) < 4.78 is 11.4. The molecular formula is C12H21N5OS. The molecule has 4 N–H and O–H groups in total. The topological polar surface area (TPSA) is 92.9 Å². The predicted octanol–water partition coefficient (Wildman–Crippen LogP) is 1.04. The highest BCUT2D eigenvalue weighted by atomic mass is 32.2. The molecule has 19 heavy (non-hydrogen) atoms. The van der Waals surface area contributed by atoms with E-state index in [2.05, 4.69) is 27.6 Å². The summed E-state index contributed by atoms with van der Waals surface area (Å²) >= 11 is 0. The van der Waals surface area contributed by atoms with E-state index in [4.69, 9.17) is 5.84 Å². The Morgan fingerprint density at radius 2 is 2.05 bits per heavy atom. The highest BCUT2D eigenvalue weighted by Crippen LogP contribution is 2.23. The van der Waals surface area contributed by atoms with Crippen LogP contribution in [0, 0.1) is 0 Å². The van der Waals surface area contributed by atoms with Gasteiger partial charge in [0, 0.05) is 33.9 Å². The van der Waals surface area contributed by atoms with Crippen LogP contribution in [0.3, 0.4) is 0 Å². The van der Waals surface area contributed by atoms with Crippen molar-refractivity contribution in [3.05, 3.63) is 11.9 Å². The summed E-state index contributed by atoms with van der Waals surface area (Å²) in [6, 6.07) is 0.342. The second kappa shape index (κ2) is 6.81. The third-order valence-corrected chi connectivity index (χ3v) is 4.69. The lowest BCUT2D eigenvalue weighted by atomic mass is 10.1. The largest absolute Gasteiger partial charge is 0.367 e. The first-order chi connectivity index (χ1) is 9.24. The minimum atomic E-state index is -0.639. The lowest BCUT2D eigenvalue weighted by Crippen LogP contribution is -2.30. The first-order valence-corrected chi connectivity index (χ1v) is 8.15. The van der Waals surface area contributed by atoms with E-state index in [9.17, 15) is 4.21 Å². The molecule has 1 saturated heterocycles. The van der Waals surface area contributed by atoms with E-state index in [1.54, 1.807) is 0 Å². The zero-order valence-electron chi connectivity index (χ0n) is 11.2. The van der Waals surface area contributed by atoms with Crippen LogP contribution in [0.2, 0.25) is 0 Å². The summed E-state index contributed by atoms with van der Waals surface area (Å²) in [6.07, 6.45) is 5.24. The van der Waals surface area contributed by atoms with Crippen LogP contribution in [0.1, 0.15) is 31.7 Å². The monoisotopic (exact) mass is 283 g/mol. The summed E-state index contributed by atoms with van der Waals surface area (Å²) in [7, 11) is -0.639. The lowest BCUT2D eigenvalue weighted by molar-refractivity contribution is 0.621. The number of nitrogens with two attached hydrogens (primary N) is 1. The van der Waals surface area contributed by atoms with Crippen LogP contribution in [-0.2, 0) is 17.2 Å². The summed E-state index contributed by atoms with van der Waals surface area (Å²) in [5.74, 6) is 8.57. The standard InChI is InChI=1S/C12H21N5OS/c1-2-3-10-11(14-8-15-12(10)17-13)16-9-4-6-19(18)7-5-9/h8-9H,2-7,13H2,1H3,(H2,14,15,16,17). The maximum Gasteiger partial charge on any atom is 0.148 e. The molecular weight excluding hydrogens is 262 g/mol. The van der Waals surface area contributed by atoms with Crippen LogP contribution < -0.4 is 16.6 Å². The Morgan fingerprint density at radius 1 is 1.37 bits per heavy atom. The molecule has 0 unspecified atom stereocenters. The Kier molecular flexibility index (Phi) is 5.09. The number of nitrogens with one attached hydrogen (secondary N) is 2. The van der Waals surface area contributed by atoms with Gasteiger partial charge in [0.1, 0.15) is 18.0 Å². The van der Waals surface area contributed by atoms with Crippen LogP contribution in [0.4, 0.5) is 11.6 Å². The van der Waals surface area contributed by atoms with Gasteiger partial charge >= 0.3 is 0 Å². The molecule has 106 valence electrons. The molecule has 0 saturated carbocycles. The van der Waals surface area contributed by atoms with E-state index in [0.29, 0.717) is 11.9 Å². The normalized spacial score (nSPS) is 23.1. The molecule has 1 aromatic heterocycles. The van der Waals surface area contributed by atoms with Gasteiger partial charge in [-0.05, 0) is 19.3 Å². The second-order valence-electron chi connectivity index (χ2n) is 4.71. The summed E-state index contributed by atoms with van der Waals surface area (Å²) in [5.41, 5.74) is 3.65. The zero-order valence-corrected chi connectivity index (χ0v) is 12.0. The molecule has 1 aromatic rings. The fourth-order valence-electron chi connectivity index (χ4n) is 2.28. The lowest BCUT2D eigenvalue weighted by Gasteiger charge is -2.24. The summed E-state index contributed by atoms with van der Waals surface area (Å²) in [4.78, 5) is 8.47. The molecule has 1 aliphatic rings. The highest BCUT2D eigenvalue weighted by molar-refractivity contribution is 7.85. The van der Waals surface area contributed by atoms with E-state index in [1.165, 1.54) is 6.33 Å². The summed E-state index contributed by atoms with van der Waals surface area (Å²) in [6.45, 7) is 2.11. The first kappa shape index (κ1) is 14.2. The SMILES string of the molecule is CCCc1c(NN)ncnc1NC1CCS(=O)CC1. The molecule has 0 atom stereocenters. The van der Waals surface area contributed by atoms with Gasteiger partial charge < -0.3 is 10.7 Å². The molecule has 0 aliphatic carbocycles. The number of anilines is 2. The maximum absolute atomic E-state index is 11.4. The number of nitrogen functional groups attached to an aromatic ring is 1. The van der Waals surface area contributed by atoms with E-state index < -0.39 is 10.8 Å². The minimum absolute atomic E-state index is 0.342. The van der Waals surface area contributed by atoms with Crippen molar-refractivity contribution >= 4 is 22.4 Å². The van der Waals surface area contributed by atoms with E-state index >= 15 is 0 Å². The molecule has 2 heterocycles. The first-order valence-electron chi connectivity index (χ1n) is 6.66. The zero-order chi connectivity index (χ0) is 13.7. The average Bonchev–Trinajstić information content (AvgIpc) is 2.43. The van der Waals surface area contributed by atoms with Crippen molar-refractivity contribution in [1.82, 2.24) is 9.97 Å². The van der Waals surface area contributed by atoms with Crippen molar-refractivity contribution in [3.63, 3.8) is 0 Å². The van der Waals surface area contributed by atoms with Crippen molar-refractivity contribution in [2.45, 2.75) is 38.6 Å². The molecule has 0 aromatic carbocycles. The molecule has 7 heteroatoms. The molecule has 1 fully saturated rings. The van der Waals surface area contributed by atoms with E-state index in [-0.39, 0.29) is 0 Å². The fraction of sp³-hybridized carbons (Fsp3) is 0.667. The highest BCUT2D eigenvalue weighted by Gasteiger charge is 2.20. The van der Waals surface area contributed by atoms with Gasteiger partial charge in [-0.15, -0.1) is 0 Å². The number of hydrogen-bond acceptors (Lipinski definition) is 6. The third-order valence-electron chi connectivity index (χ3n) is 3.31. The predicted molar refractivity (Wildman–Crippen MR) is 78.4 cm³/mol. The van der Waals surface area contributed by atoms with Gasteiger partial charge in [0.15, 0.2) is 0 Å². The number of hydrogen-bond donors (Lipinski definition) is 3. The van der Waals surface area contributed by atoms with Gasteiger partial charge in [0.05, 0.1) is 0 Å². The Morgan fingerprint density at radius 3 is 2.68 bits per heavy atom. The number of hydrazine groups is 1. The Labute approximate surface area is 116 Å². The fourth-order valence-corrected chi connectivity index (χ4v) is 3.58. The number of aromatic nitrogens is 2. The van der Waals surface area contributed by atoms with Crippen molar-refractivity contribution in [1.29, 1.82) is 0 Å². The molecule has 1 aliphatic heterocycles. The van der Waals surface area contributed by atoms with Gasteiger partial charge in [-0.1, -0.05) is 13.3 Å². The van der Waals surface area contributed by atoms with Crippen molar-refractivity contribution < 1.29 is 4.21 Å². The number of rotatable bonds is 5. The van der Waals surface area contributed by atoms with Gasteiger partial charge in [-0.2, -0.15) is 0 Å². The second-order valence-corrected chi connectivity index (χ2v) is 6.41. The van der Waals surface area contributed by atoms with Crippen LogP contribution in [0.15, 0.2) is 6.33 Å².